The smallest absolute Gasteiger partial charge is 0.345 e. The van der Waals surface area contributed by atoms with Crippen molar-refractivity contribution in [2.75, 3.05) is 0 Å². The average Bonchev–Trinajstić information content (AvgIpc) is 2.49. The molecule has 0 aromatic heterocycles. The van der Waals surface area contributed by atoms with Gasteiger partial charge in [0.15, 0.2) is 6.10 Å². The number of rotatable bonds is 6. The number of carbonyl (C=O) groups is 4. The summed E-state index contributed by atoms with van der Waals surface area (Å²) in [5.41, 5.74) is 0. The number of hydrogen-bond donors (Lipinski definition) is 1. The van der Waals surface area contributed by atoms with E-state index >= 15 is 0 Å². The van der Waals surface area contributed by atoms with Crippen LogP contribution >= 0.6 is 11.6 Å². The van der Waals surface area contributed by atoms with Gasteiger partial charge in [-0.15, -0.1) is 0 Å². The molecule has 0 bridgehead atoms. The predicted molar refractivity (Wildman–Crippen MR) is 84.1 cm³/mol. The van der Waals surface area contributed by atoms with Crippen molar-refractivity contribution in [2.45, 2.75) is 52.7 Å². The number of ether oxygens (including phenoxy) is 2. The van der Waals surface area contributed by atoms with Gasteiger partial charge in [-0.2, -0.15) is 0 Å². The molecule has 0 aromatic rings. The third-order valence-corrected chi connectivity index (χ3v) is 4.88. The first-order valence-corrected chi connectivity index (χ1v) is 8.36. The Hall–Kier alpha value is -1.63. The highest BCUT2D eigenvalue weighted by atomic mass is 35.5. The SMILES string of the molecule is CC[C@H](C)[C@@H]1C(=O)O[C@H]1C(=O)Cl.CC[C@H](C)[C@@H]1C(=O)O[C@H]1C(=O)O. The lowest BCUT2D eigenvalue weighted by atomic mass is 9.83. The van der Waals surface area contributed by atoms with E-state index in [2.05, 4.69) is 9.47 Å². The van der Waals surface area contributed by atoms with E-state index in [9.17, 15) is 19.2 Å². The Balaban J connectivity index is 0.000000240. The molecule has 24 heavy (non-hydrogen) atoms. The van der Waals surface area contributed by atoms with Gasteiger partial charge in [0.1, 0.15) is 11.8 Å². The van der Waals surface area contributed by atoms with Crippen LogP contribution in [0.1, 0.15) is 40.5 Å². The molecule has 0 aromatic carbocycles. The molecule has 0 radical (unpaired) electrons. The molecule has 2 aliphatic heterocycles. The van der Waals surface area contributed by atoms with Crippen LogP contribution in [0.5, 0.6) is 0 Å². The van der Waals surface area contributed by atoms with E-state index in [1.54, 1.807) is 0 Å². The van der Waals surface area contributed by atoms with Crippen LogP contribution in [-0.4, -0.2) is 40.5 Å². The number of hydrogen-bond acceptors (Lipinski definition) is 6. The van der Waals surface area contributed by atoms with Crippen molar-refractivity contribution < 1.29 is 33.8 Å². The molecule has 0 aliphatic carbocycles. The second-order valence-electron chi connectivity index (χ2n) is 6.18. The Morgan fingerprint density at radius 1 is 1.00 bits per heavy atom. The molecule has 136 valence electrons. The van der Waals surface area contributed by atoms with Gasteiger partial charge in [0.05, 0.1) is 0 Å². The van der Waals surface area contributed by atoms with Crippen molar-refractivity contribution in [3.8, 4) is 0 Å². The lowest BCUT2D eigenvalue weighted by molar-refractivity contribution is -0.200. The van der Waals surface area contributed by atoms with Crippen LogP contribution in [0.3, 0.4) is 0 Å². The van der Waals surface area contributed by atoms with E-state index in [1.165, 1.54) is 0 Å². The van der Waals surface area contributed by atoms with E-state index in [1.807, 2.05) is 27.7 Å². The quantitative estimate of drug-likeness (QED) is 0.568. The Kier molecular flexibility index (Phi) is 7.20. The normalized spacial score (nSPS) is 30.4. The summed E-state index contributed by atoms with van der Waals surface area (Å²) in [6, 6.07) is 0. The van der Waals surface area contributed by atoms with Gasteiger partial charge in [0, 0.05) is 0 Å². The third-order valence-electron chi connectivity index (χ3n) is 4.66. The largest absolute Gasteiger partial charge is 0.478 e. The Labute approximate surface area is 145 Å². The second kappa shape index (κ2) is 8.46. The average molecular weight is 363 g/mol. The van der Waals surface area contributed by atoms with Gasteiger partial charge < -0.3 is 14.6 Å². The van der Waals surface area contributed by atoms with Crippen LogP contribution in [0, 0.1) is 23.7 Å². The molecule has 1 N–H and O–H groups in total. The molecule has 0 saturated carbocycles. The van der Waals surface area contributed by atoms with Gasteiger partial charge in [-0.25, -0.2) is 4.79 Å². The minimum absolute atomic E-state index is 0.0901. The van der Waals surface area contributed by atoms with Gasteiger partial charge >= 0.3 is 17.9 Å². The van der Waals surface area contributed by atoms with Crippen LogP contribution in [0.15, 0.2) is 0 Å². The maximum Gasteiger partial charge on any atom is 0.345 e. The molecule has 2 rings (SSSR count). The zero-order chi connectivity index (χ0) is 18.6. The summed E-state index contributed by atoms with van der Waals surface area (Å²) in [7, 11) is 0. The summed E-state index contributed by atoms with van der Waals surface area (Å²) >= 11 is 5.22. The van der Waals surface area contributed by atoms with E-state index in [-0.39, 0.29) is 29.7 Å². The number of cyclic esters (lactones) is 2. The number of aliphatic carboxylic acids is 1. The van der Waals surface area contributed by atoms with Crippen molar-refractivity contribution in [3.05, 3.63) is 0 Å². The first-order valence-electron chi connectivity index (χ1n) is 7.98. The zero-order valence-corrected chi connectivity index (χ0v) is 14.9. The highest BCUT2D eigenvalue weighted by Gasteiger charge is 2.50. The number of halogens is 1. The summed E-state index contributed by atoms with van der Waals surface area (Å²) in [4.78, 5) is 42.9. The van der Waals surface area contributed by atoms with Crippen LogP contribution in [0.2, 0.25) is 0 Å². The number of carbonyl (C=O) groups excluding carboxylic acids is 3. The summed E-state index contributed by atoms with van der Waals surface area (Å²) in [6.45, 7) is 7.67. The molecule has 2 saturated heterocycles. The summed E-state index contributed by atoms with van der Waals surface area (Å²) < 4.78 is 9.11. The molecule has 0 unspecified atom stereocenters. The summed E-state index contributed by atoms with van der Waals surface area (Å²) in [5, 5.41) is 8.02. The van der Waals surface area contributed by atoms with Gasteiger partial charge in [-0.05, 0) is 23.4 Å². The molecule has 2 heterocycles. The maximum atomic E-state index is 10.9. The highest BCUT2D eigenvalue weighted by molar-refractivity contribution is 6.65. The van der Waals surface area contributed by atoms with E-state index in [4.69, 9.17) is 16.7 Å². The van der Waals surface area contributed by atoms with Crippen molar-refractivity contribution in [1.29, 1.82) is 0 Å². The van der Waals surface area contributed by atoms with Crippen LogP contribution in [-0.2, 0) is 28.7 Å². The molecule has 0 spiro atoms. The number of carboxylic acids is 1. The zero-order valence-electron chi connectivity index (χ0n) is 14.2. The summed E-state index contributed by atoms with van der Waals surface area (Å²) in [6.07, 6.45) is 0.0332. The third kappa shape index (κ3) is 4.26. The fraction of sp³-hybridized carbons (Fsp3) is 0.750. The van der Waals surface area contributed by atoms with Crippen molar-refractivity contribution in [1.82, 2.24) is 0 Å². The first-order chi connectivity index (χ1) is 11.1. The minimum atomic E-state index is -1.04. The van der Waals surface area contributed by atoms with Gasteiger partial charge in [0.25, 0.3) is 5.24 Å². The van der Waals surface area contributed by atoms with Crippen molar-refractivity contribution >= 4 is 34.8 Å². The van der Waals surface area contributed by atoms with Crippen LogP contribution < -0.4 is 0 Å². The molecule has 7 nitrogen and oxygen atoms in total. The number of esters is 2. The van der Waals surface area contributed by atoms with E-state index in [0.717, 1.165) is 12.8 Å². The van der Waals surface area contributed by atoms with E-state index < -0.39 is 29.3 Å². The predicted octanol–water partition coefficient (Wildman–Crippen LogP) is 2.00. The summed E-state index contributed by atoms with van der Waals surface area (Å²) in [5.74, 6) is -2.22. The molecule has 0 amide bonds. The highest BCUT2D eigenvalue weighted by Crippen LogP contribution is 2.32. The van der Waals surface area contributed by atoms with Gasteiger partial charge in [0.2, 0.25) is 6.10 Å². The molecular weight excluding hydrogens is 340 g/mol. The standard InChI is InChI=1S/C8H11ClO3.C8H12O4/c2*1-3-4(2)5-6(7(9)10)12-8(5)11/h4-6H,3H2,1-2H3;4-6H,3H2,1-2H3,(H,9,10)/t2*4-,5-,6+/m00/s1. The fourth-order valence-electron chi connectivity index (χ4n) is 2.62. The Morgan fingerprint density at radius 3 is 1.67 bits per heavy atom. The topological polar surface area (TPSA) is 107 Å². The fourth-order valence-corrected chi connectivity index (χ4v) is 2.80. The van der Waals surface area contributed by atoms with Crippen molar-refractivity contribution in [2.24, 2.45) is 23.7 Å². The molecular formula is C16H23ClO7. The monoisotopic (exact) mass is 362 g/mol. The minimum Gasteiger partial charge on any atom is -0.478 e. The molecule has 2 fully saturated rings. The van der Waals surface area contributed by atoms with Crippen LogP contribution in [0.25, 0.3) is 0 Å². The van der Waals surface area contributed by atoms with Crippen LogP contribution in [0.4, 0.5) is 0 Å². The lowest BCUT2D eigenvalue weighted by Crippen LogP contribution is -2.52. The lowest BCUT2D eigenvalue weighted by Gasteiger charge is -2.35. The van der Waals surface area contributed by atoms with E-state index in [0.29, 0.717) is 0 Å². The number of carboxylic acid groups (broad SMARTS) is 1. The maximum absolute atomic E-state index is 10.9. The molecule has 6 atom stereocenters. The molecule has 2 aliphatic rings. The van der Waals surface area contributed by atoms with Gasteiger partial charge in [-0.1, -0.05) is 40.5 Å². The Morgan fingerprint density at radius 2 is 1.38 bits per heavy atom. The Bertz CT molecular complexity index is 473. The van der Waals surface area contributed by atoms with Crippen molar-refractivity contribution in [3.63, 3.8) is 0 Å². The second-order valence-corrected chi connectivity index (χ2v) is 6.55. The molecule has 8 heteroatoms. The van der Waals surface area contributed by atoms with Gasteiger partial charge in [-0.3, -0.25) is 14.4 Å². The first kappa shape index (κ1) is 20.4.